The molecular formula is C14H12N4O3. The highest BCUT2D eigenvalue weighted by Gasteiger charge is 2.10. The van der Waals surface area contributed by atoms with Crippen LogP contribution in [0.4, 0.5) is 0 Å². The molecule has 0 atom stereocenters. The molecule has 2 rings (SSSR count). The molecule has 2 N–H and O–H groups in total. The molecule has 0 aliphatic heterocycles. The molecule has 0 saturated carbocycles. The zero-order valence-electron chi connectivity index (χ0n) is 10.9. The van der Waals surface area contributed by atoms with Gasteiger partial charge in [-0.3, -0.25) is 9.78 Å². The van der Waals surface area contributed by atoms with Crippen LogP contribution in [-0.4, -0.2) is 32.2 Å². The lowest BCUT2D eigenvalue weighted by Gasteiger charge is -2.06. The molecule has 0 unspecified atom stereocenters. The molecule has 0 radical (unpaired) electrons. The predicted octanol–water partition coefficient (Wildman–Crippen LogP) is 0.899. The van der Waals surface area contributed by atoms with Gasteiger partial charge in [-0.1, -0.05) is 0 Å². The van der Waals surface area contributed by atoms with Gasteiger partial charge >= 0.3 is 5.97 Å². The largest absolute Gasteiger partial charge is 0.478 e. The first-order chi connectivity index (χ1) is 10.2. The van der Waals surface area contributed by atoms with Gasteiger partial charge in [0.1, 0.15) is 0 Å². The van der Waals surface area contributed by atoms with Crippen LogP contribution in [0.15, 0.2) is 42.9 Å². The van der Waals surface area contributed by atoms with E-state index in [-0.39, 0.29) is 12.5 Å². The molecule has 0 bridgehead atoms. The molecule has 21 heavy (non-hydrogen) atoms. The van der Waals surface area contributed by atoms with Crippen LogP contribution in [0.3, 0.4) is 0 Å². The van der Waals surface area contributed by atoms with Gasteiger partial charge in [-0.15, -0.1) is 0 Å². The second-order valence-electron chi connectivity index (χ2n) is 4.03. The van der Waals surface area contributed by atoms with E-state index < -0.39 is 5.97 Å². The minimum atomic E-state index is -1.09. The highest BCUT2D eigenvalue weighted by Crippen LogP contribution is 2.09. The van der Waals surface area contributed by atoms with Gasteiger partial charge in [-0.05, 0) is 24.3 Å². The maximum absolute atomic E-state index is 12.1. The van der Waals surface area contributed by atoms with E-state index in [0.29, 0.717) is 16.8 Å². The van der Waals surface area contributed by atoms with Gasteiger partial charge < -0.3 is 10.4 Å². The van der Waals surface area contributed by atoms with Gasteiger partial charge in [0.25, 0.3) is 5.91 Å². The molecular weight excluding hydrogens is 272 g/mol. The SMILES string of the molecule is O=C(O)/C=C/c1cnccc1C(=O)NCc1cccnn1. The lowest BCUT2D eigenvalue weighted by Crippen LogP contribution is -2.24. The fourth-order valence-corrected chi connectivity index (χ4v) is 1.60. The van der Waals surface area contributed by atoms with Crippen LogP contribution in [0, 0.1) is 0 Å². The molecule has 0 aromatic carbocycles. The number of rotatable bonds is 5. The molecule has 0 saturated heterocycles. The molecule has 2 aromatic rings. The summed E-state index contributed by atoms with van der Waals surface area (Å²) in [4.78, 5) is 26.5. The van der Waals surface area contributed by atoms with E-state index in [1.54, 1.807) is 18.3 Å². The standard InChI is InChI=1S/C14H12N4O3/c19-13(20)4-3-10-8-15-7-5-12(10)14(21)16-9-11-2-1-6-17-18-11/h1-8H,9H2,(H,16,21)(H,19,20)/b4-3+. The van der Waals surface area contributed by atoms with E-state index in [1.807, 2.05) is 0 Å². The van der Waals surface area contributed by atoms with Gasteiger partial charge in [-0.25, -0.2) is 4.79 Å². The molecule has 0 spiro atoms. The second-order valence-corrected chi connectivity index (χ2v) is 4.03. The van der Waals surface area contributed by atoms with E-state index in [0.717, 1.165) is 6.08 Å². The molecule has 7 nitrogen and oxygen atoms in total. The van der Waals surface area contributed by atoms with Gasteiger partial charge in [0.05, 0.1) is 12.2 Å². The first-order valence-electron chi connectivity index (χ1n) is 6.06. The van der Waals surface area contributed by atoms with Gasteiger partial charge in [-0.2, -0.15) is 10.2 Å². The van der Waals surface area contributed by atoms with E-state index in [2.05, 4.69) is 20.5 Å². The molecule has 7 heteroatoms. The van der Waals surface area contributed by atoms with E-state index in [4.69, 9.17) is 5.11 Å². The maximum Gasteiger partial charge on any atom is 0.328 e. The normalized spacial score (nSPS) is 10.5. The lowest BCUT2D eigenvalue weighted by atomic mass is 10.1. The summed E-state index contributed by atoms with van der Waals surface area (Å²) in [6.45, 7) is 0.233. The van der Waals surface area contributed by atoms with Crippen LogP contribution in [0.5, 0.6) is 0 Å². The number of carboxylic acid groups (broad SMARTS) is 1. The third kappa shape index (κ3) is 4.20. The monoisotopic (exact) mass is 284 g/mol. The van der Waals surface area contributed by atoms with Gasteiger partial charge in [0, 0.05) is 35.8 Å². The molecule has 106 valence electrons. The molecule has 2 aromatic heterocycles. The Balaban J connectivity index is 2.10. The molecule has 0 aliphatic rings. The quantitative estimate of drug-likeness (QED) is 0.790. The number of aliphatic carboxylic acids is 1. The maximum atomic E-state index is 12.1. The summed E-state index contributed by atoms with van der Waals surface area (Å²) in [6.07, 6.45) is 6.72. The van der Waals surface area contributed by atoms with Crippen LogP contribution in [0.2, 0.25) is 0 Å². The Morgan fingerprint density at radius 3 is 2.86 bits per heavy atom. The number of hydrogen-bond acceptors (Lipinski definition) is 5. The first-order valence-corrected chi connectivity index (χ1v) is 6.06. The Labute approximate surface area is 120 Å². The zero-order chi connectivity index (χ0) is 15.1. The second kappa shape index (κ2) is 6.90. The van der Waals surface area contributed by atoms with Crippen molar-refractivity contribution in [3.8, 4) is 0 Å². The molecule has 0 fully saturated rings. The zero-order valence-corrected chi connectivity index (χ0v) is 10.9. The Bertz CT molecular complexity index is 671. The van der Waals surface area contributed by atoms with Crippen LogP contribution < -0.4 is 5.32 Å². The lowest BCUT2D eigenvalue weighted by molar-refractivity contribution is -0.131. The van der Waals surface area contributed by atoms with Crippen LogP contribution >= 0.6 is 0 Å². The van der Waals surface area contributed by atoms with Crippen molar-refractivity contribution in [2.45, 2.75) is 6.54 Å². The Morgan fingerprint density at radius 2 is 2.14 bits per heavy atom. The summed E-state index contributed by atoms with van der Waals surface area (Å²) in [6, 6.07) is 4.99. The number of pyridine rings is 1. The number of hydrogen-bond donors (Lipinski definition) is 2. The van der Waals surface area contributed by atoms with Crippen molar-refractivity contribution in [1.82, 2.24) is 20.5 Å². The fourth-order valence-electron chi connectivity index (χ4n) is 1.60. The number of carboxylic acids is 1. The highest BCUT2D eigenvalue weighted by molar-refractivity contribution is 5.98. The summed E-state index contributed by atoms with van der Waals surface area (Å²) in [7, 11) is 0. The third-order valence-electron chi connectivity index (χ3n) is 2.56. The smallest absolute Gasteiger partial charge is 0.328 e. The Morgan fingerprint density at radius 1 is 1.29 bits per heavy atom. The van der Waals surface area contributed by atoms with E-state index >= 15 is 0 Å². The van der Waals surface area contributed by atoms with Crippen LogP contribution in [0.1, 0.15) is 21.6 Å². The minimum Gasteiger partial charge on any atom is -0.478 e. The van der Waals surface area contributed by atoms with Crippen molar-refractivity contribution in [3.05, 3.63) is 59.7 Å². The van der Waals surface area contributed by atoms with E-state index in [9.17, 15) is 9.59 Å². The summed E-state index contributed by atoms with van der Waals surface area (Å²) < 4.78 is 0. The highest BCUT2D eigenvalue weighted by atomic mass is 16.4. The number of carbonyl (C=O) groups excluding carboxylic acids is 1. The first kappa shape index (κ1) is 14.3. The predicted molar refractivity (Wildman–Crippen MR) is 74.1 cm³/mol. The van der Waals surface area contributed by atoms with Crippen molar-refractivity contribution in [3.63, 3.8) is 0 Å². The average Bonchev–Trinajstić information content (AvgIpc) is 2.52. The van der Waals surface area contributed by atoms with Crippen molar-refractivity contribution in [2.24, 2.45) is 0 Å². The topological polar surface area (TPSA) is 105 Å². The molecule has 1 amide bonds. The number of amides is 1. The van der Waals surface area contributed by atoms with Crippen molar-refractivity contribution >= 4 is 18.0 Å². The van der Waals surface area contributed by atoms with E-state index in [1.165, 1.54) is 24.5 Å². The number of nitrogens with zero attached hydrogens (tertiary/aromatic N) is 3. The minimum absolute atomic E-state index is 0.233. The van der Waals surface area contributed by atoms with Gasteiger partial charge in [0.2, 0.25) is 0 Å². The number of aromatic nitrogens is 3. The summed E-state index contributed by atoms with van der Waals surface area (Å²) >= 11 is 0. The molecule has 2 heterocycles. The average molecular weight is 284 g/mol. The van der Waals surface area contributed by atoms with Crippen molar-refractivity contribution < 1.29 is 14.7 Å². The number of carbonyl (C=O) groups is 2. The molecule has 0 aliphatic carbocycles. The van der Waals surface area contributed by atoms with Gasteiger partial charge in [0.15, 0.2) is 0 Å². The summed E-state index contributed by atoms with van der Waals surface area (Å²) in [5.41, 5.74) is 1.39. The van der Waals surface area contributed by atoms with Crippen LogP contribution in [-0.2, 0) is 11.3 Å². The fraction of sp³-hybridized carbons (Fsp3) is 0.0714. The Kier molecular flexibility index (Phi) is 4.70. The number of nitrogens with one attached hydrogen (secondary N) is 1. The van der Waals surface area contributed by atoms with Crippen molar-refractivity contribution in [2.75, 3.05) is 0 Å². The Hall–Kier alpha value is -3.09. The summed E-state index contributed by atoms with van der Waals surface area (Å²) in [5.74, 6) is -1.43. The summed E-state index contributed by atoms with van der Waals surface area (Å²) in [5, 5.41) is 18.9. The van der Waals surface area contributed by atoms with Crippen LogP contribution in [0.25, 0.3) is 6.08 Å². The third-order valence-corrected chi connectivity index (χ3v) is 2.56. The van der Waals surface area contributed by atoms with Crippen molar-refractivity contribution in [1.29, 1.82) is 0 Å².